The highest BCUT2D eigenvalue weighted by molar-refractivity contribution is 5.74. The zero-order valence-electron chi connectivity index (χ0n) is 9.37. The fourth-order valence-electron chi connectivity index (χ4n) is 1.14. The van der Waals surface area contributed by atoms with Gasteiger partial charge in [-0.2, -0.15) is 0 Å². The van der Waals surface area contributed by atoms with Gasteiger partial charge in [-0.1, -0.05) is 6.92 Å². The summed E-state index contributed by atoms with van der Waals surface area (Å²) in [6.45, 7) is 3.96. The van der Waals surface area contributed by atoms with Crippen molar-refractivity contribution in [3.63, 3.8) is 0 Å². The van der Waals surface area contributed by atoms with E-state index in [1.807, 2.05) is 6.92 Å². The Kier molecular flexibility index (Phi) is 4.50. The van der Waals surface area contributed by atoms with Gasteiger partial charge in [0, 0.05) is 12.5 Å². The second-order valence-corrected chi connectivity index (χ2v) is 3.09. The Balaban J connectivity index is 2.63. The summed E-state index contributed by atoms with van der Waals surface area (Å²) in [5.74, 6) is 0.593. The van der Waals surface area contributed by atoms with E-state index in [-0.39, 0.29) is 18.1 Å². The molecule has 0 aromatic carbocycles. The number of anilines is 1. The van der Waals surface area contributed by atoms with Crippen LogP contribution in [0.2, 0.25) is 0 Å². The normalized spacial score (nSPS) is 9.88. The zero-order valence-corrected chi connectivity index (χ0v) is 9.37. The second-order valence-electron chi connectivity index (χ2n) is 3.09. The quantitative estimate of drug-likeness (QED) is 0.704. The number of hydrogen-bond donors (Lipinski definition) is 2. The van der Waals surface area contributed by atoms with Crippen LogP contribution in [0.5, 0.6) is 0 Å². The van der Waals surface area contributed by atoms with Gasteiger partial charge in [0.2, 0.25) is 0 Å². The van der Waals surface area contributed by atoms with E-state index >= 15 is 0 Å². The summed E-state index contributed by atoms with van der Waals surface area (Å²) >= 11 is 0. The largest absolute Gasteiger partial charge is 0.465 e. The predicted molar refractivity (Wildman–Crippen MR) is 59.4 cm³/mol. The molecular formula is C10H15N3O3. The number of aromatic nitrogens is 2. The molecule has 1 aromatic heterocycles. The number of H-pyrrole nitrogens is 1. The van der Waals surface area contributed by atoms with E-state index in [0.717, 1.165) is 0 Å². The molecule has 0 saturated carbocycles. The molecule has 0 aliphatic carbocycles. The van der Waals surface area contributed by atoms with E-state index < -0.39 is 0 Å². The Labute approximate surface area is 93.0 Å². The van der Waals surface area contributed by atoms with Crippen LogP contribution in [0.4, 0.5) is 5.82 Å². The van der Waals surface area contributed by atoms with Crippen LogP contribution in [0.25, 0.3) is 0 Å². The van der Waals surface area contributed by atoms with Gasteiger partial charge < -0.3 is 15.0 Å². The van der Waals surface area contributed by atoms with Crippen LogP contribution in [0, 0.1) is 0 Å². The fraction of sp³-hybridized carbons (Fsp3) is 0.500. The first-order valence-corrected chi connectivity index (χ1v) is 5.15. The van der Waals surface area contributed by atoms with Crippen molar-refractivity contribution in [2.45, 2.75) is 20.3 Å². The van der Waals surface area contributed by atoms with Crippen molar-refractivity contribution < 1.29 is 9.53 Å². The van der Waals surface area contributed by atoms with Crippen molar-refractivity contribution in [3.8, 4) is 0 Å². The van der Waals surface area contributed by atoms with E-state index in [0.29, 0.717) is 24.7 Å². The lowest BCUT2D eigenvalue weighted by molar-refractivity contribution is -0.140. The number of nitrogens with zero attached hydrogens (tertiary/aromatic N) is 1. The summed E-state index contributed by atoms with van der Waals surface area (Å²) in [4.78, 5) is 28.9. The Morgan fingerprint density at radius 2 is 2.31 bits per heavy atom. The lowest BCUT2D eigenvalue weighted by atomic mass is 10.4. The second kappa shape index (κ2) is 5.89. The van der Waals surface area contributed by atoms with Crippen LogP contribution < -0.4 is 10.9 Å². The highest BCUT2D eigenvalue weighted by Crippen LogP contribution is 1.98. The molecule has 1 aromatic rings. The van der Waals surface area contributed by atoms with E-state index in [9.17, 15) is 9.59 Å². The number of nitrogens with one attached hydrogen (secondary N) is 2. The van der Waals surface area contributed by atoms with Crippen molar-refractivity contribution in [2.75, 3.05) is 18.5 Å². The molecule has 0 spiro atoms. The van der Waals surface area contributed by atoms with Crippen molar-refractivity contribution in [1.82, 2.24) is 9.97 Å². The summed E-state index contributed by atoms with van der Waals surface area (Å²) in [5.41, 5.74) is -0.238. The zero-order chi connectivity index (χ0) is 12.0. The number of carbonyl (C=O) groups excluding carboxylic acids is 1. The average Bonchev–Trinajstić information content (AvgIpc) is 2.26. The molecule has 88 valence electrons. The molecule has 6 heteroatoms. The van der Waals surface area contributed by atoms with Crippen LogP contribution >= 0.6 is 0 Å². The molecule has 1 rings (SSSR count). The number of ether oxygens (including phenoxy) is 1. The molecule has 1 heterocycles. The Bertz CT molecular complexity index is 414. The summed E-state index contributed by atoms with van der Waals surface area (Å²) in [5, 5.41) is 2.74. The van der Waals surface area contributed by atoms with Gasteiger partial charge in [-0.3, -0.25) is 9.59 Å². The molecule has 0 fully saturated rings. The first kappa shape index (κ1) is 12.2. The fourth-order valence-corrected chi connectivity index (χ4v) is 1.14. The average molecular weight is 225 g/mol. The van der Waals surface area contributed by atoms with Crippen molar-refractivity contribution in [3.05, 3.63) is 22.2 Å². The first-order chi connectivity index (χ1) is 7.65. The van der Waals surface area contributed by atoms with Gasteiger partial charge in [0.15, 0.2) is 0 Å². The molecule has 0 bridgehead atoms. The highest BCUT2D eigenvalue weighted by atomic mass is 16.5. The summed E-state index contributed by atoms with van der Waals surface area (Å²) in [6.07, 6.45) is 0.629. The monoisotopic (exact) mass is 225 g/mol. The van der Waals surface area contributed by atoms with Crippen molar-refractivity contribution >= 4 is 11.8 Å². The van der Waals surface area contributed by atoms with Gasteiger partial charge in [0.1, 0.15) is 18.2 Å². The highest BCUT2D eigenvalue weighted by Gasteiger charge is 2.03. The number of aryl methyl sites for hydroxylation is 1. The van der Waals surface area contributed by atoms with Gasteiger partial charge in [-0.05, 0) is 6.92 Å². The van der Waals surface area contributed by atoms with E-state index in [1.165, 1.54) is 6.07 Å². The Morgan fingerprint density at radius 1 is 1.56 bits per heavy atom. The van der Waals surface area contributed by atoms with E-state index in [2.05, 4.69) is 15.3 Å². The lowest BCUT2D eigenvalue weighted by Gasteiger charge is -2.05. The molecule has 0 radical (unpaired) electrons. The van der Waals surface area contributed by atoms with Crippen LogP contribution in [0.15, 0.2) is 10.9 Å². The van der Waals surface area contributed by atoms with Crippen molar-refractivity contribution in [2.24, 2.45) is 0 Å². The minimum atomic E-state index is -0.373. The Morgan fingerprint density at radius 3 is 2.94 bits per heavy atom. The minimum absolute atomic E-state index is 0.00739. The summed E-state index contributed by atoms with van der Waals surface area (Å²) in [7, 11) is 0. The smallest absolute Gasteiger partial charge is 0.325 e. The van der Waals surface area contributed by atoms with Crippen LogP contribution in [-0.4, -0.2) is 29.1 Å². The summed E-state index contributed by atoms with van der Waals surface area (Å²) < 4.78 is 4.74. The lowest BCUT2D eigenvalue weighted by Crippen LogP contribution is -2.19. The van der Waals surface area contributed by atoms with Crippen molar-refractivity contribution in [1.29, 1.82) is 0 Å². The van der Waals surface area contributed by atoms with Gasteiger partial charge in [-0.25, -0.2) is 4.98 Å². The third-order valence-corrected chi connectivity index (χ3v) is 1.84. The number of hydrogen-bond acceptors (Lipinski definition) is 5. The Hall–Kier alpha value is -1.85. The maximum absolute atomic E-state index is 11.2. The number of carbonyl (C=O) groups is 1. The maximum Gasteiger partial charge on any atom is 0.325 e. The maximum atomic E-state index is 11.2. The van der Waals surface area contributed by atoms with Gasteiger partial charge in [0.05, 0.1) is 6.61 Å². The van der Waals surface area contributed by atoms with Gasteiger partial charge >= 0.3 is 5.97 Å². The summed E-state index contributed by atoms with van der Waals surface area (Å²) in [6, 6.07) is 1.30. The SMILES string of the molecule is CCOC(=O)CNc1cc(=O)[nH]c(CC)n1. The topological polar surface area (TPSA) is 84.1 Å². The number of rotatable bonds is 5. The third-order valence-electron chi connectivity index (χ3n) is 1.84. The standard InChI is InChI=1S/C10H15N3O3/c1-3-7-12-8(5-9(14)13-7)11-6-10(15)16-4-2/h5H,3-4,6H2,1-2H3,(H2,11,12,13,14). The van der Waals surface area contributed by atoms with E-state index in [4.69, 9.17) is 4.74 Å². The molecule has 2 N–H and O–H groups in total. The molecule has 0 aliphatic rings. The molecule has 0 unspecified atom stereocenters. The van der Waals surface area contributed by atoms with Crippen LogP contribution in [-0.2, 0) is 16.0 Å². The number of esters is 1. The minimum Gasteiger partial charge on any atom is -0.465 e. The first-order valence-electron chi connectivity index (χ1n) is 5.15. The molecule has 0 atom stereocenters. The molecule has 0 saturated heterocycles. The van der Waals surface area contributed by atoms with E-state index in [1.54, 1.807) is 6.92 Å². The molecule has 16 heavy (non-hydrogen) atoms. The van der Waals surface area contributed by atoms with Gasteiger partial charge in [0.25, 0.3) is 5.56 Å². The van der Waals surface area contributed by atoms with Crippen LogP contribution in [0.1, 0.15) is 19.7 Å². The number of aromatic amines is 1. The molecule has 6 nitrogen and oxygen atoms in total. The molecule has 0 aliphatic heterocycles. The third kappa shape index (κ3) is 3.72. The van der Waals surface area contributed by atoms with Gasteiger partial charge in [-0.15, -0.1) is 0 Å². The molecular weight excluding hydrogens is 210 g/mol. The van der Waals surface area contributed by atoms with Crippen LogP contribution in [0.3, 0.4) is 0 Å². The molecule has 0 amide bonds. The predicted octanol–water partition coefficient (Wildman–Crippen LogP) is 0.307.